The molecule has 0 saturated carbocycles. The van der Waals surface area contributed by atoms with E-state index in [-0.39, 0.29) is 12.6 Å². The van der Waals surface area contributed by atoms with Crippen LogP contribution in [0, 0.1) is 0 Å². The second-order valence-electron chi connectivity index (χ2n) is 7.52. The lowest BCUT2D eigenvalue weighted by Gasteiger charge is -2.08. The Labute approximate surface area is 183 Å². The summed E-state index contributed by atoms with van der Waals surface area (Å²) in [5.41, 5.74) is 0.554. The first-order chi connectivity index (χ1) is 14.8. The third-order valence-electron chi connectivity index (χ3n) is 4.86. The minimum Gasteiger partial charge on any atom is -0.460 e. The first-order valence-corrected chi connectivity index (χ1v) is 11.8. The molecule has 0 N–H and O–H groups in total. The molecule has 1 rings (SSSR count). The molecule has 5 nitrogen and oxygen atoms in total. The summed E-state index contributed by atoms with van der Waals surface area (Å²) in [6, 6.07) is 8.95. The van der Waals surface area contributed by atoms with E-state index in [2.05, 4.69) is 6.92 Å². The van der Waals surface area contributed by atoms with Gasteiger partial charge >= 0.3 is 5.97 Å². The molecule has 0 aliphatic rings. The highest BCUT2D eigenvalue weighted by atomic mass is 16.6. The molecule has 0 radical (unpaired) electrons. The quantitative estimate of drug-likeness (QED) is 0.185. The van der Waals surface area contributed by atoms with Gasteiger partial charge in [-0.2, -0.15) is 0 Å². The van der Waals surface area contributed by atoms with Crippen molar-refractivity contribution in [2.75, 3.05) is 46.2 Å². The van der Waals surface area contributed by atoms with Gasteiger partial charge in [0.2, 0.25) is 0 Å². The molecule has 0 saturated heterocycles. The van der Waals surface area contributed by atoms with Crippen molar-refractivity contribution < 1.29 is 23.7 Å². The molecule has 0 aliphatic carbocycles. The average Bonchev–Trinajstić information content (AvgIpc) is 2.78. The molecule has 30 heavy (non-hydrogen) atoms. The van der Waals surface area contributed by atoms with Gasteiger partial charge in [-0.05, 0) is 18.6 Å². The molecule has 0 bridgehead atoms. The van der Waals surface area contributed by atoms with E-state index in [1.807, 2.05) is 18.2 Å². The predicted octanol–water partition coefficient (Wildman–Crippen LogP) is 5.81. The van der Waals surface area contributed by atoms with Gasteiger partial charge in [0.1, 0.15) is 6.61 Å². The lowest BCUT2D eigenvalue weighted by Crippen LogP contribution is -2.14. The summed E-state index contributed by atoms with van der Waals surface area (Å²) in [7, 11) is 0. The number of hydrogen-bond acceptors (Lipinski definition) is 5. The van der Waals surface area contributed by atoms with Gasteiger partial charge in [-0.25, -0.2) is 4.79 Å². The van der Waals surface area contributed by atoms with Crippen LogP contribution in [0.3, 0.4) is 0 Å². The minimum absolute atomic E-state index is 0.246. The molecule has 5 heteroatoms. The topological polar surface area (TPSA) is 54.0 Å². The second-order valence-corrected chi connectivity index (χ2v) is 7.52. The fourth-order valence-electron chi connectivity index (χ4n) is 3.08. The number of rotatable bonds is 21. The van der Waals surface area contributed by atoms with E-state index < -0.39 is 0 Å². The van der Waals surface area contributed by atoms with E-state index >= 15 is 0 Å². The van der Waals surface area contributed by atoms with Gasteiger partial charge in [-0.3, -0.25) is 0 Å². The van der Waals surface area contributed by atoms with Crippen LogP contribution in [0.25, 0.3) is 0 Å². The fourth-order valence-corrected chi connectivity index (χ4v) is 3.08. The number of carbonyl (C=O) groups excluding carboxylic acids is 1. The van der Waals surface area contributed by atoms with Crippen molar-refractivity contribution in [2.45, 2.75) is 71.1 Å². The fraction of sp³-hybridized carbons (Fsp3) is 0.720. The Morgan fingerprint density at radius 1 is 0.600 bits per heavy atom. The molecular weight excluding hydrogens is 380 g/mol. The SMILES string of the molecule is CCCCCCCCCCCCOCCOCCOCCOC(=O)c1ccccc1. The third-order valence-corrected chi connectivity index (χ3v) is 4.86. The maximum atomic E-state index is 11.7. The van der Waals surface area contributed by atoms with Crippen LogP contribution in [0.15, 0.2) is 30.3 Å². The van der Waals surface area contributed by atoms with Crippen molar-refractivity contribution in [3.63, 3.8) is 0 Å². The van der Waals surface area contributed by atoms with Gasteiger partial charge in [0.05, 0.1) is 38.6 Å². The molecule has 0 aliphatic heterocycles. The van der Waals surface area contributed by atoms with Crippen LogP contribution in [-0.2, 0) is 18.9 Å². The summed E-state index contributed by atoms with van der Waals surface area (Å²) in [6.07, 6.45) is 13.4. The summed E-state index contributed by atoms with van der Waals surface area (Å²) in [5, 5.41) is 0. The number of esters is 1. The smallest absolute Gasteiger partial charge is 0.338 e. The van der Waals surface area contributed by atoms with Gasteiger partial charge in [0.15, 0.2) is 0 Å². The Morgan fingerprint density at radius 3 is 1.63 bits per heavy atom. The maximum absolute atomic E-state index is 11.7. The predicted molar refractivity (Wildman–Crippen MR) is 121 cm³/mol. The number of ether oxygens (including phenoxy) is 4. The molecule has 0 amide bonds. The normalized spacial score (nSPS) is 11.0. The summed E-state index contributed by atoms with van der Waals surface area (Å²) >= 11 is 0. The van der Waals surface area contributed by atoms with Crippen LogP contribution in [0.5, 0.6) is 0 Å². The van der Waals surface area contributed by atoms with Crippen molar-refractivity contribution >= 4 is 5.97 Å². The lowest BCUT2D eigenvalue weighted by atomic mass is 10.1. The average molecular weight is 423 g/mol. The Kier molecular flexibility index (Phi) is 18.5. The molecule has 0 heterocycles. The molecule has 0 atom stereocenters. The summed E-state index contributed by atoms with van der Waals surface area (Å²) in [6.45, 7) is 5.93. The largest absolute Gasteiger partial charge is 0.460 e. The minimum atomic E-state index is -0.324. The van der Waals surface area contributed by atoms with E-state index in [4.69, 9.17) is 18.9 Å². The van der Waals surface area contributed by atoms with Crippen LogP contribution in [0.2, 0.25) is 0 Å². The summed E-state index contributed by atoms with van der Waals surface area (Å²) in [5.74, 6) is -0.324. The Hall–Kier alpha value is -1.43. The van der Waals surface area contributed by atoms with Gasteiger partial charge < -0.3 is 18.9 Å². The van der Waals surface area contributed by atoms with Crippen molar-refractivity contribution in [1.82, 2.24) is 0 Å². The van der Waals surface area contributed by atoms with E-state index in [1.165, 1.54) is 57.8 Å². The highest BCUT2D eigenvalue weighted by Gasteiger charge is 2.04. The van der Waals surface area contributed by atoms with Gasteiger partial charge in [-0.15, -0.1) is 0 Å². The zero-order chi connectivity index (χ0) is 21.5. The molecule has 1 aromatic carbocycles. The molecule has 1 aromatic rings. The summed E-state index contributed by atoms with van der Waals surface area (Å²) in [4.78, 5) is 11.7. The Bertz CT molecular complexity index is 492. The third kappa shape index (κ3) is 16.4. The highest BCUT2D eigenvalue weighted by molar-refractivity contribution is 5.89. The molecule has 0 fully saturated rings. The van der Waals surface area contributed by atoms with Crippen LogP contribution in [-0.4, -0.2) is 52.2 Å². The second kappa shape index (κ2) is 20.8. The van der Waals surface area contributed by atoms with Crippen LogP contribution in [0.1, 0.15) is 81.5 Å². The first-order valence-electron chi connectivity index (χ1n) is 11.8. The molecular formula is C25H42O5. The van der Waals surface area contributed by atoms with Crippen molar-refractivity contribution in [1.29, 1.82) is 0 Å². The molecule has 172 valence electrons. The Balaban J connectivity index is 1.71. The van der Waals surface area contributed by atoms with E-state index in [9.17, 15) is 4.79 Å². The zero-order valence-corrected chi connectivity index (χ0v) is 18.9. The van der Waals surface area contributed by atoms with Crippen LogP contribution >= 0.6 is 0 Å². The lowest BCUT2D eigenvalue weighted by molar-refractivity contribution is 0.000184. The van der Waals surface area contributed by atoms with Gasteiger partial charge in [-0.1, -0.05) is 82.9 Å². The van der Waals surface area contributed by atoms with Crippen LogP contribution < -0.4 is 0 Å². The van der Waals surface area contributed by atoms with Crippen LogP contribution in [0.4, 0.5) is 0 Å². The van der Waals surface area contributed by atoms with E-state index in [1.54, 1.807) is 12.1 Å². The summed E-state index contributed by atoms with van der Waals surface area (Å²) < 4.78 is 21.6. The van der Waals surface area contributed by atoms with Crippen molar-refractivity contribution in [3.8, 4) is 0 Å². The molecule has 0 spiro atoms. The number of unbranched alkanes of at least 4 members (excludes halogenated alkanes) is 9. The monoisotopic (exact) mass is 422 g/mol. The molecule has 0 aromatic heterocycles. The first kappa shape index (κ1) is 26.6. The van der Waals surface area contributed by atoms with Gasteiger partial charge in [0.25, 0.3) is 0 Å². The maximum Gasteiger partial charge on any atom is 0.338 e. The van der Waals surface area contributed by atoms with E-state index in [0.717, 1.165) is 13.0 Å². The molecule has 0 unspecified atom stereocenters. The highest BCUT2D eigenvalue weighted by Crippen LogP contribution is 2.10. The van der Waals surface area contributed by atoms with Crippen molar-refractivity contribution in [3.05, 3.63) is 35.9 Å². The van der Waals surface area contributed by atoms with Crippen molar-refractivity contribution in [2.24, 2.45) is 0 Å². The zero-order valence-electron chi connectivity index (χ0n) is 18.9. The van der Waals surface area contributed by atoms with E-state index in [0.29, 0.717) is 38.6 Å². The number of carbonyl (C=O) groups is 1. The number of hydrogen-bond donors (Lipinski definition) is 0. The standard InChI is InChI=1S/C25H42O5/c1-2-3-4-5-6-7-8-9-10-14-17-27-18-19-28-20-21-29-22-23-30-25(26)24-15-12-11-13-16-24/h11-13,15-16H,2-10,14,17-23H2,1H3. The number of benzene rings is 1. The van der Waals surface area contributed by atoms with Gasteiger partial charge in [0, 0.05) is 6.61 Å². The Morgan fingerprint density at radius 2 is 1.07 bits per heavy atom.